The van der Waals surface area contributed by atoms with Crippen LogP contribution < -0.4 is 19.5 Å². The Morgan fingerprint density at radius 2 is 1.62 bits per heavy atom. The van der Waals surface area contributed by atoms with E-state index in [2.05, 4.69) is 26.1 Å². The third-order valence-electron chi connectivity index (χ3n) is 4.02. The van der Waals surface area contributed by atoms with E-state index >= 15 is 0 Å². The quantitative estimate of drug-likeness (QED) is 0.836. The summed E-state index contributed by atoms with van der Waals surface area (Å²) in [6.07, 6.45) is 0. The summed E-state index contributed by atoms with van der Waals surface area (Å²) in [5.41, 5.74) is 2.76. The first-order valence-electron chi connectivity index (χ1n) is 8.50. The molecule has 26 heavy (non-hydrogen) atoms. The molecule has 0 radical (unpaired) electrons. The number of amides is 1. The minimum atomic E-state index is -0.267. The van der Waals surface area contributed by atoms with Crippen LogP contribution in [0.5, 0.6) is 17.2 Å². The number of aryl methyl sites for hydroxylation is 1. The number of rotatable bonds is 6. The number of hydrogen-bond donors (Lipinski definition) is 1. The number of methoxy groups -OCH3 is 2. The van der Waals surface area contributed by atoms with Crippen LogP contribution in [0.15, 0.2) is 36.4 Å². The molecule has 0 heterocycles. The summed E-state index contributed by atoms with van der Waals surface area (Å²) in [5.74, 6) is 1.48. The van der Waals surface area contributed by atoms with E-state index in [1.54, 1.807) is 20.3 Å². The topological polar surface area (TPSA) is 56.8 Å². The van der Waals surface area contributed by atoms with Crippen molar-refractivity contribution in [2.45, 2.75) is 33.1 Å². The number of anilines is 1. The van der Waals surface area contributed by atoms with Crippen molar-refractivity contribution in [3.63, 3.8) is 0 Å². The zero-order valence-electron chi connectivity index (χ0n) is 16.3. The van der Waals surface area contributed by atoms with Gasteiger partial charge < -0.3 is 19.5 Å². The number of carbonyl (C=O) groups excluding carboxylic acids is 1. The van der Waals surface area contributed by atoms with Crippen molar-refractivity contribution in [2.24, 2.45) is 0 Å². The normalized spacial score (nSPS) is 11.0. The average molecular weight is 357 g/mol. The Labute approximate surface area is 155 Å². The molecule has 0 aliphatic heterocycles. The van der Waals surface area contributed by atoms with Gasteiger partial charge in [-0.3, -0.25) is 4.79 Å². The van der Waals surface area contributed by atoms with Crippen LogP contribution in [0.2, 0.25) is 0 Å². The van der Waals surface area contributed by atoms with Gasteiger partial charge in [0.15, 0.2) is 18.1 Å². The van der Waals surface area contributed by atoms with Crippen LogP contribution in [0.3, 0.4) is 0 Å². The van der Waals surface area contributed by atoms with Crippen molar-refractivity contribution in [3.8, 4) is 17.2 Å². The van der Waals surface area contributed by atoms with Crippen molar-refractivity contribution in [2.75, 3.05) is 26.1 Å². The number of benzene rings is 2. The van der Waals surface area contributed by atoms with Gasteiger partial charge in [0.25, 0.3) is 5.91 Å². The number of ether oxygens (including phenoxy) is 3. The second-order valence-corrected chi connectivity index (χ2v) is 7.16. The van der Waals surface area contributed by atoms with Crippen molar-refractivity contribution >= 4 is 11.6 Å². The van der Waals surface area contributed by atoms with E-state index < -0.39 is 0 Å². The summed E-state index contributed by atoms with van der Waals surface area (Å²) >= 11 is 0. The van der Waals surface area contributed by atoms with Crippen molar-refractivity contribution in [3.05, 3.63) is 47.5 Å². The molecule has 1 amide bonds. The molecule has 2 rings (SSSR count). The molecule has 0 spiro atoms. The van der Waals surface area contributed by atoms with Crippen LogP contribution in [-0.4, -0.2) is 26.7 Å². The highest BCUT2D eigenvalue weighted by atomic mass is 16.5. The molecule has 0 aliphatic carbocycles. The highest BCUT2D eigenvalue weighted by Gasteiger charge is 2.17. The highest BCUT2D eigenvalue weighted by Crippen LogP contribution is 2.32. The lowest BCUT2D eigenvalue weighted by Crippen LogP contribution is -2.21. The lowest BCUT2D eigenvalue weighted by atomic mass is 9.87. The summed E-state index contributed by atoms with van der Waals surface area (Å²) in [6.45, 7) is 8.20. The first-order chi connectivity index (χ1) is 12.2. The maximum Gasteiger partial charge on any atom is 0.262 e. The van der Waals surface area contributed by atoms with Gasteiger partial charge in [-0.2, -0.15) is 0 Å². The number of carbonyl (C=O) groups is 1. The smallest absolute Gasteiger partial charge is 0.262 e. The maximum atomic E-state index is 12.3. The molecule has 0 atom stereocenters. The Kier molecular flexibility index (Phi) is 6.14. The van der Waals surface area contributed by atoms with Gasteiger partial charge in [-0.25, -0.2) is 0 Å². The summed E-state index contributed by atoms with van der Waals surface area (Å²) in [7, 11) is 3.15. The Bertz CT molecular complexity index is 778. The molecule has 140 valence electrons. The summed E-state index contributed by atoms with van der Waals surface area (Å²) in [4.78, 5) is 12.3. The predicted molar refractivity (Wildman–Crippen MR) is 104 cm³/mol. The molecule has 2 aromatic rings. The van der Waals surface area contributed by atoms with Crippen molar-refractivity contribution in [1.82, 2.24) is 0 Å². The summed E-state index contributed by atoms with van der Waals surface area (Å²) in [6, 6.07) is 11.4. The lowest BCUT2D eigenvalue weighted by molar-refractivity contribution is -0.118. The van der Waals surface area contributed by atoms with E-state index in [9.17, 15) is 4.79 Å². The van der Waals surface area contributed by atoms with Crippen LogP contribution in [0, 0.1) is 6.92 Å². The van der Waals surface area contributed by atoms with Gasteiger partial charge in [0.05, 0.1) is 19.9 Å². The van der Waals surface area contributed by atoms with Gasteiger partial charge in [-0.1, -0.05) is 32.9 Å². The minimum Gasteiger partial charge on any atom is -0.495 e. The molecule has 5 nitrogen and oxygen atoms in total. The number of nitrogens with one attached hydrogen (secondary N) is 1. The number of hydrogen-bond acceptors (Lipinski definition) is 4. The molecule has 0 aromatic heterocycles. The Balaban J connectivity index is 2.10. The fraction of sp³-hybridized carbons (Fsp3) is 0.381. The Morgan fingerprint density at radius 1 is 0.962 bits per heavy atom. The predicted octanol–water partition coefficient (Wildman–Crippen LogP) is 4.33. The Hall–Kier alpha value is -2.69. The van der Waals surface area contributed by atoms with E-state index in [0.717, 1.165) is 11.1 Å². The fourth-order valence-electron chi connectivity index (χ4n) is 2.50. The van der Waals surface area contributed by atoms with Crippen LogP contribution in [0.4, 0.5) is 5.69 Å². The largest absolute Gasteiger partial charge is 0.495 e. The van der Waals surface area contributed by atoms with E-state index in [0.29, 0.717) is 22.9 Å². The standard InChI is InChI=1S/C21H27NO4/c1-14-7-9-18(19(11-14)25-6)26-13-20(23)22-16-12-15(21(2,3)4)8-10-17(16)24-5/h7-12H,13H2,1-6H3,(H,22,23). The summed E-state index contributed by atoms with van der Waals surface area (Å²) < 4.78 is 16.3. The molecule has 5 heteroatoms. The Morgan fingerprint density at radius 3 is 2.23 bits per heavy atom. The molecular formula is C21H27NO4. The van der Waals surface area contributed by atoms with Crippen LogP contribution in [0.25, 0.3) is 0 Å². The average Bonchev–Trinajstić information content (AvgIpc) is 2.59. The van der Waals surface area contributed by atoms with E-state index in [1.165, 1.54) is 0 Å². The molecule has 0 bridgehead atoms. The third-order valence-corrected chi connectivity index (χ3v) is 4.02. The van der Waals surface area contributed by atoms with Crippen LogP contribution in [0.1, 0.15) is 31.9 Å². The fourth-order valence-corrected chi connectivity index (χ4v) is 2.50. The van der Waals surface area contributed by atoms with E-state index in [1.807, 2.05) is 37.3 Å². The zero-order chi connectivity index (χ0) is 19.3. The second kappa shape index (κ2) is 8.13. The first kappa shape index (κ1) is 19.6. The molecule has 1 N–H and O–H groups in total. The molecule has 0 aliphatic rings. The maximum absolute atomic E-state index is 12.3. The minimum absolute atomic E-state index is 0.0302. The van der Waals surface area contributed by atoms with Crippen molar-refractivity contribution in [1.29, 1.82) is 0 Å². The third kappa shape index (κ3) is 4.91. The highest BCUT2D eigenvalue weighted by molar-refractivity contribution is 5.93. The SMILES string of the molecule is COc1ccc(C(C)(C)C)cc1NC(=O)COc1ccc(C)cc1OC. The molecule has 0 fully saturated rings. The van der Waals surface area contributed by atoms with Gasteiger partial charge in [-0.15, -0.1) is 0 Å². The summed E-state index contributed by atoms with van der Waals surface area (Å²) in [5, 5.41) is 2.86. The van der Waals surface area contributed by atoms with Gasteiger partial charge in [0.2, 0.25) is 0 Å². The molecule has 0 saturated carbocycles. The lowest BCUT2D eigenvalue weighted by Gasteiger charge is -2.21. The van der Waals surface area contributed by atoms with Crippen LogP contribution >= 0.6 is 0 Å². The molecule has 0 saturated heterocycles. The van der Waals surface area contributed by atoms with Gasteiger partial charge >= 0.3 is 0 Å². The van der Waals surface area contributed by atoms with E-state index in [4.69, 9.17) is 14.2 Å². The molecule has 0 unspecified atom stereocenters. The zero-order valence-corrected chi connectivity index (χ0v) is 16.3. The second-order valence-electron chi connectivity index (χ2n) is 7.16. The van der Waals surface area contributed by atoms with Gasteiger partial charge in [-0.05, 0) is 47.7 Å². The van der Waals surface area contributed by atoms with Crippen LogP contribution in [-0.2, 0) is 10.2 Å². The monoisotopic (exact) mass is 357 g/mol. The molecule has 2 aromatic carbocycles. The van der Waals surface area contributed by atoms with Crippen molar-refractivity contribution < 1.29 is 19.0 Å². The first-order valence-corrected chi connectivity index (χ1v) is 8.50. The molecular weight excluding hydrogens is 330 g/mol. The van der Waals surface area contributed by atoms with Gasteiger partial charge in [0, 0.05) is 0 Å². The van der Waals surface area contributed by atoms with Gasteiger partial charge in [0.1, 0.15) is 5.75 Å². The van der Waals surface area contributed by atoms with E-state index in [-0.39, 0.29) is 17.9 Å².